The molecule has 4 unspecified atom stereocenters. The van der Waals surface area contributed by atoms with Gasteiger partial charge in [-0.25, -0.2) is 5.43 Å². The molecule has 4 heterocycles. The number of nitrogens with zero attached hydrogens (tertiary/aromatic N) is 4. The van der Waals surface area contributed by atoms with Crippen LogP contribution in [-0.4, -0.2) is 102 Å². The molecule has 344 valence electrons. The van der Waals surface area contributed by atoms with Crippen LogP contribution in [0.25, 0.3) is 33.3 Å². The van der Waals surface area contributed by atoms with E-state index >= 15 is 0 Å². The standard InChI is InChI=1S/C51H69N7O6/c1-10-57-43-16-15-36(28-39(43)40(29-50(6,7)30-64-31-59)46(57)38-14-13-20-52-44(38)34(5)63-9)37-25-33(4)24-35(26-37)27-42(49(62)58-23-12-11-21-54-58)55-47(60)45(32(2)3)56(8)48(61)41-17-22-53-51(41)18-19-51/h13-16,20,24-26,28,31-32,34,41-42,45,53-54H,10-12,17-19,21-23,27,29-30H2,1-9H3,(H,55,60). The van der Waals surface area contributed by atoms with Crippen molar-refractivity contribution in [3.8, 4) is 22.4 Å². The molecule has 3 N–H and O–H groups in total. The van der Waals surface area contributed by atoms with E-state index in [1.165, 1.54) is 0 Å². The average molecular weight is 876 g/mol. The van der Waals surface area contributed by atoms with Crippen LogP contribution in [0.5, 0.6) is 0 Å². The molecule has 3 fully saturated rings. The molecular formula is C51H69N7O6. The van der Waals surface area contributed by atoms with Crippen molar-refractivity contribution in [1.82, 2.24) is 35.5 Å². The number of amides is 3. The van der Waals surface area contributed by atoms with Crippen molar-refractivity contribution in [2.45, 2.75) is 124 Å². The van der Waals surface area contributed by atoms with Gasteiger partial charge in [-0.15, -0.1) is 0 Å². The number of pyridine rings is 1. The molecule has 3 aliphatic rings. The molecule has 2 aliphatic heterocycles. The van der Waals surface area contributed by atoms with Crippen LogP contribution in [0.1, 0.15) is 102 Å². The predicted octanol–water partition coefficient (Wildman–Crippen LogP) is 6.93. The van der Waals surface area contributed by atoms with Crippen molar-refractivity contribution in [3.05, 3.63) is 77.1 Å². The number of methoxy groups -OCH3 is 1. The smallest absolute Gasteiger partial charge is 0.293 e. The Morgan fingerprint density at radius 2 is 1.84 bits per heavy atom. The summed E-state index contributed by atoms with van der Waals surface area (Å²) in [5.41, 5.74) is 11.8. The van der Waals surface area contributed by atoms with E-state index in [-0.39, 0.29) is 59.6 Å². The van der Waals surface area contributed by atoms with E-state index in [0.717, 1.165) is 94.3 Å². The van der Waals surface area contributed by atoms with Crippen molar-refractivity contribution in [2.75, 3.05) is 40.4 Å². The van der Waals surface area contributed by atoms with Gasteiger partial charge in [0.25, 0.3) is 12.4 Å². The van der Waals surface area contributed by atoms with E-state index in [1.807, 2.05) is 26.8 Å². The van der Waals surface area contributed by atoms with Gasteiger partial charge in [-0.2, -0.15) is 0 Å². The van der Waals surface area contributed by atoms with Gasteiger partial charge in [-0.3, -0.25) is 29.2 Å². The second kappa shape index (κ2) is 19.6. The molecule has 7 rings (SSSR count). The predicted molar refractivity (Wildman–Crippen MR) is 250 cm³/mol. The Kier molecular flexibility index (Phi) is 14.3. The Balaban J connectivity index is 1.26. The van der Waals surface area contributed by atoms with Gasteiger partial charge < -0.3 is 29.6 Å². The highest BCUT2D eigenvalue weighted by Gasteiger charge is 2.56. The van der Waals surface area contributed by atoms with Crippen LogP contribution in [0.15, 0.2) is 54.7 Å². The van der Waals surface area contributed by atoms with Crippen molar-refractivity contribution in [1.29, 1.82) is 0 Å². The number of benzene rings is 2. The first-order chi connectivity index (χ1) is 30.6. The number of aromatic nitrogens is 2. The van der Waals surface area contributed by atoms with Crippen LogP contribution in [0.2, 0.25) is 0 Å². The number of ether oxygens (including phenoxy) is 2. The minimum Gasteiger partial charge on any atom is -0.467 e. The lowest BCUT2D eigenvalue weighted by Crippen LogP contribution is -2.60. The molecule has 0 bridgehead atoms. The first-order valence-corrected chi connectivity index (χ1v) is 23.3. The third-order valence-corrected chi connectivity index (χ3v) is 13.7. The van der Waals surface area contributed by atoms with Crippen molar-refractivity contribution in [2.24, 2.45) is 17.3 Å². The van der Waals surface area contributed by atoms with Gasteiger partial charge >= 0.3 is 0 Å². The fraction of sp³-hybridized carbons (Fsp3) is 0.549. The summed E-state index contributed by atoms with van der Waals surface area (Å²) in [6.07, 6.45) is 7.02. The highest BCUT2D eigenvalue weighted by molar-refractivity contribution is 5.96. The third kappa shape index (κ3) is 9.77. The maximum Gasteiger partial charge on any atom is 0.293 e. The van der Waals surface area contributed by atoms with E-state index in [2.05, 4.69) is 90.8 Å². The monoisotopic (exact) mass is 876 g/mol. The van der Waals surface area contributed by atoms with Gasteiger partial charge in [0.2, 0.25) is 11.8 Å². The Labute approximate surface area is 379 Å². The Morgan fingerprint density at radius 1 is 1.06 bits per heavy atom. The zero-order valence-corrected chi connectivity index (χ0v) is 39.4. The molecule has 1 spiro atoms. The quantitative estimate of drug-likeness (QED) is 0.0907. The lowest BCUT2D eigenvalue weighted by atomic mass is 9.84. The zero-order chi connectivity index (χ0) is 45.9. The first kappa shape index (κ1) is 46.9. The molecule has 1 aliphatic carbocycles. The number of rotatable bonds is 18. The number of nitrogens with one attached hydrogen (secondary N) is 3. The minimum absolute atomic E-state index is 0.00922. The number of carbonyl (C=O) groups is 4. The lowest BCUT2D eigenvalue weighted by molar-refractivity contribution is -0.146. The summed E-state index contributed by atoms with van der Waals surface area (Å²) < 4.78 is 13.5. The van der Waals surface area contributed by atoms with Gasteiger partial charge in [0.15, 0.2) is 0 Å². The van der Waals surface area contributed by atoms with E-state index in [1.54, 1.807) is 30.3 Å². The van der Waals surface area contributed by atoms with E-state index in [9.17, 15) is 19.2 Å². The highest BCUT2D eigenvalue weighted by atomic mass is 16.5. The van der Waals surface area contributed by atoms with Gasteiger partial charge in [0.1, 0.15) is 12.1 Å². The van der Waals surface area contributed by atoms with Gasteiger partial charge in [0, 0.05) is 73.8 Å². The second-order valence-corrected chi connectivity index (χ2v) is 19.5. The Hall–Kier alpha value is -5.11. The summed E-state index contributed by atoms with van der Waals surface area (Å²) in [7, 11) is 3.44. The molecule has 4 atom stereocenters. The molecular weight excluding hydrogens is 807 g/mol. The number of hydrogen-bond donors (Lipinski definition) is 3. The lowest BCUT2D eigenvalue weighted by Gasteiger charge is -2.35. The van der Waals surface area contributed by atoms with E-state index in [0.29, 0.717) is 32.5 Å². The molecule has 0 radical (unpaired) electrons. The minimum atomic E-state index is -0.866. The molecule has 13 nitrogen and oxygen atoms in total. The summed E-state index contributed by atoms with van der Waals surface area (Å²) in [4.78, 5) is 60.7. The molecule has 13 heteroatoms. The number of hydrazine groups is 1. The fourth-order valence-corrected chi connectivity index (χ4v) is 10.4. The molecule has 1 saturated carbocycles. The second-order valence-electron chi connectivity index (χ2n) is 19.5. The Morgan fingerprint density at radius 3 is 2.52 bits per heavy atom. The SMILES string of the molecule is CCn1c(-c2cccnc2C(C)OC)c(CC(C)(C)COC=O)c2cc(-c3cc(C)cc(CC(NC(=O)C(C(C)C)N(C)C(=O)C4CCNC45CC5)C(=O)N4CCCCN4)c3)ccc21. The summed E-state index contributed by atoms with van der Waals surface area (Å²) in [6, 6.07) is 15.4. The summed E-state index contributed by atoms with van der Waals surface area (Å²) in [5.74, 6) is -0.845. The fourth-order valence-electron chi connectivity index (χ4n) is 10.4. The molecule has 2 saturated heterocycles. The number of fused-ring (bicyclic) bond motifs is 1. The highest BCUT2D eigenvalue weighted by Crippen LogP contribution is 2.48. The molecule has 2 aromatic heterocycles. The first-order valence-electron chi connectivity index (χ1n) is 23.3. The van der Waals surface area contributed by atoms with E-state index in [4.69, 9.17) is 14.5 Å². The summed E-state index contributed by atoms with van der Waals surface area (Å²) in [5, 5.41) is 9.46. The third-order valence-electron chi connectivity index (χ3n) is 13.7. The van der Waals surface area contributed by atoms with Crippen LogP contribution < -0.4 is 16.1 Å². The maximum atomic E-state index is 14.5. The van der Waals surface area contributed by atoms with Crippen molar-refractivity contribution in [3.63, 3.8) is 0 Å². The van der Waals surface area contributed by atoms with Crippen LogP contribution in [0.4, 0.5) is 0 Å². The van der Waals surface area contributed by atoms with Crippen molar-refractivity contribution >= 4 is 35.1 Å². The van der Waals surface area contributed by atoms with Crippen LogP contribution in [0.3, 0.4) is 0 Å². The summed E-state index contributed by atoms with van der Waals surface area (Å²) in [6.45, 7) is 17.9. The molecule has 2 aromatic carbocycles. The normalized spacial score (nSPS) is 18.5. The van der Waals surface area contributed by atoms with E-state index < -0.39 is 12.1 Å². The molecule has 4 aromatic rings. The zero-order valence-electron chi connectivity index (χ0n) is 39.4. The van der Waals surface area contributed by atoms with Gasteiger partial charge in [-0.05, 0) is 118 Å². The topological polar surface area (TPSA) is 147 Å². The summed E-state index contributed by atoms with van der Waals surface area (Å²) >= 11 is 0. The molecule has 3 amide bonds. The molecule has 64 heavy (non-hydrogen) atoms. The average Bonchev–Trinajstić information content (AvgIpc) is 3.84. The largest absolute Gasteiger partial charge is 0.467 e. The number of aryl methyl sites for hydroxylation is 2. The number of likely N-dealkylation sites (N-methyl/N-ethyl adjacent to an activating group) is 1. The van der Waals surface area contributed by atoms with Crippen LogP contribution in [-0.2, 0) is 48.0 Å². The van der Waals surface area contributed by atoms with Gasteiger partial charge in [0.05, 0.1) is 30.0 Å². The number of hydrogen-bond acceptors (Lipinski definition) is 9. The van der Waals surface area contributed by atoms with Crippen LogP contribution in [0, 0.1) is 24.2 Å². The number of carbonyl (C=O) groups excluding carboxylic acids is 4. The maximum absolute atomic E-state index is 14.5. The van der Waals surface area contributed by atoms with Gasteiger partial charge in [-0.1, -0.05) is 57.5 Å². The van der Waals surface area contributed by atoms with Crippen LogP contribution >= 0.6 is 0 Å². The van der Waals surface area contributed by atoms with Crippen molar-refractivity contribution < 1.29 is 28.7 Å². The Bertz CT molecular complexity index is 2340.